The second-order valence-corrected chi connectivity index (χ2v) is 9.55. The summed E-state index contributed by atoms with van der Waals surface area (Å²) < 4.78 is 28.6. The number of nitrogens with zero attached hydrogens (tertiary/aromatic N) is 1. The van der Waals surface area contributed by atoms with Crippen molar-refractivity contribution in [3.05, 3.63) is 65.2 Å². The first kappa shape index (κ1) is 25.8. The van der Waals surface area contributed by atoms with E-state index in [4.69, 9.17) is 0 Å². The zero-order valence-electron chi connectivity index (χ0n) is 20.5. The lowest BCUT2D eigenvalue weighted by Gasteiger charge is -2.35. The minimum absolute atomic E-state index is 0.0595. The lowest BCUT2D eigenvalue weighted by molar-refractivity contribution is -0.143. The molecule has 9 heteroatoms. The fraction of sp³-hybridized carbons (Fsp3) is 0.444. The molecule has 0 saturated heterocycles. The van der Waals surface area contributed by atoms with Gasteiger partial charge in [0.1, 0.15) is 29.4 Å². The Bertz CT molecular complexity index is 1120. The van der Waals surface area contributed by atoms with Crippen LogP contribution >= 0.6 is 0 Å². The minimum Gasteiger partial charge on any atom is -0.343 e. The van der Waals surface area contributed by atoms with Crippen LogP contribution in [0.4, 0.5) is 14.5 Å². The molecule has 7 nitrogen and oxygen atoms in total. The van der Waals surface area contributed by atoms with Crippen LogP contribution in [0.1, 0.15) is 56.2 Å². The van der Waals surface area contributed by atoms with E-state index in [1.807, 2.05) is 12.1 Å². The topological polar surface area (TPSA) is 90.5 Å². The summed E-state index contributed by atoms with van der Waals surface area (Å²) >= 11 is 0. The van der Waals surface area contributed by atoms with Crippen molar-refractivity contribution >= 4 is 23.4 Å². The quantitative estimate of drug-likeness (QED) is 0.544. The average molecular weight is 499 g/mol. The molecule has 2 aliphatic rings. The van der Waals surface area contributed by atoms with Gasteiger partial charge in [-0.2, -0.15) is 0 Å². The molecular formula is C27H32F2N4O3. The maximum Gasteiger partial charge on any atom is 0.252 e. The fourth-order valence-corrected chi connectivity index (χ4v) is 5.12. The molecule has 1 aliphatic heterocycles. The van der Waals surface area contributed by atoms with Crippen LogP contribution in [0.15, 0.2) is 42.5 Å². The van der Waals surface area contributed by atoms with Crippen LogP contribution in [0, 0.1) is 17.6 Å². The van der Waals surface area contributed by atoms with Gasteiger partial charge in [0.15, 0.2) is 0 Å². The zero-order chi connectivity index (χ0) is 25.8. The van der Waals surface area contributed by atoms with Crippen LogP contribution in [0.3, 0.4) is 0 Å². The highest BCUT2D eigenvalue weighted by atomic mass is 19.1. The van der Waals surface area contributed by atoms with Crippen LogP contribution in [-0.4, -0.2) is 41.8 Å². The third-order valence-electron chi connectivity index (χ3n) is 7.26. The van der Waals surface area contributed by atoms with Crippen molar-refractivity contribution in [3.63, 3.8) is 0 Å². The highest BCUT2D eigenvalue weighted by molar-refractivity contribution is 6.00. The third-order valence-corrected chi connectivity index (χ3v) is 7.26. The van der Waals surface area contributed by atoms with Gasteiger partial charge in [-0.3, -0.25) is 14.4 Å². The molecule has 0 radical (unpaired) electrons. The van der Waals surface area contributed by atoms with Crippen molar-refractivity contribution in [1.29, 1.82) is 0 Å². The molecule has 0 bridgehead atoms. The normalized spacial score (nSPS) is 19.3. The summed E-state index contributed by atoms with van der Waals surface area (Å²) in [4.78, 5) is 41.7. The maximum absolute atomic E-state index is 14.3. The first-order valence-electron chi connectivity index (χ1n) is 12.4. The van der Waals surface area contributed by atoms with Crippen LogP contribution in [0.5, 0.6) is 0 Å². The van der Waals surface area contributed by atoms with Crippen molar-refractivity contribution in [1.82, 2.24) is 15.5 Å². The van der Waals surface area contributed by atoms with Crippen LogP contribution < -0.4 is 16.0 Å². The smallest absolute Gasteiger partial charge is 0.252 e. The Kier molecular flexibility index (Phi) is 7.98. The standard InChI is InChI=1S/C27H32F2N4O3/c1-16(30-2)25(34)31-22(17-9-4-3-5-10-17)27(36)33-15-18-11-6-7-12-19(18)24(33)26(35)32-23-20(28)13-8-14-21(23)29/h6-8,11-14,16-17,22,24,30H,3-5,9-10,15H2,1-2H3,(H,31,34)(H,32,35)/t16-,22-,24-/m0/s1. The van der Waals surface area contributed by atoms with Crippen molar-refractivity contribution in [2.45, 2.75) is 63.7 Å². The summed E-state index contributed by atoms with van der Waals surface area (Å²) in [5.74, 6) is -3.25. The van der Waals surface area contributed by atoms with E-state index < -0.39 is 41.4 Å². The number of benzene rings is 2. The molecule has 3 amide bonds. The number of carbonyl (C=O) groups excluding carboxylic acids is 3. The van der Waals surface area contributed by atoms with Gasteiger partial charge in [-0.15, -0.1) is 0 Å². The Morgan fingerprint density at radius 2 is 1.64 bits per heavy atom. The van der Waals surface area contributed by atoms with Crippen molar-refractivity contribution in [3.8, 4) is 0 Å². The first-order chi connectivity index (χ1) is 17.3. The number of anilines is 1. The van der Waals surface area contributed by atoms with E-state index in [0.29, 0.717) is 5.56 Å². The lowest BCUT2D eigenvalue weighted by atomic mass is 9.83. The number of para-hydroxylation sites is 1. The van der Waals surface area contributed by atoms with E-state index in [0.717, 1.165) is 49.8 Å². The predicted molar refractivity (Wildman–Crippen MR) is 132 cm³/mol. The van der Waals surface area contributed by atoms with Gasteiger partial charge in [0.25, 0.3) is 5.91 Å². The molecule has 0 spiro atoms. The molecule has 1 saturated carbocycles. The van der Waals surface area contributed by atoms with E-state index >= 15 is 0 Å². The van der Waals surface area contributed by atoms with Gasteiger partial charge in [-0.1, -0.05) is 49.6 Å². The van der Waals surface area contributed by atoms with E-state index in [1.165, 1.54) is 11.0 Å². The molecule has 3 atom stereocenters. The number of rotatable bonds is 7. The Morgan fingerprint density at radius 1 is 0.972 bits per heavy atom. The third kappa shape index (κ3) is 5.26. The van der Waals surface area contributed by atoms with Gasteiger partial charge in [0.2, 0.25) is 11.8 Å². The maximum atomic E-state index is 14.3. The van der Waals surface area contributed by atoms with E-state index in [9.17, 15) is 23.2 Å². The van der Waals surface area contributed by atoms with Crippen LogP contribution in [0.2, 0.25) is 0 Å². The van der Waals surface area contributed by atoms with Crippen LogP contribution in [-0.2, 0) is 20.9 Å². The Morgan fingerprint density at radius 3 is 2.31 bits per heavy atom. The molecule has 2 aromatic rings. The second-order valence-electron chi connectivity index (χ2n) is 9.55. The molecule has 4 rings (SSSR count). The van der Waals surface area contributed by atoms with E-state index in [-0.39, 0.29) is 24.3 Å². The predicted octanol–water partition coefficient (Wildman–Crippen LogP) is 3.66. The molecule has 1 aliphatic carbocycles. The number of carbonyl (C=O) groups is 3. The van der Waals surface area contributed by atoms with Gasteiger partial charge in [-0.25, -0.2) is 8.78 Å². The summed E-state index contributed by atoms with van der Waals surface area (Å²) in [7, 11) is 1.67. The summed E-state index contributed by atoms with van der Waals surface area (Å²) in [6, 6.07) is 8.07. The lowest BCUT2D eigenvalue weighted by Crippen LogP contribution is -2.56. The number of hydrogen-bond acceptors (Lipinski definition) is 4. The monoisotopic (exact) mass is 498 g/mol. The summed E-state index contributed by atoms with van der Waals surface area (Å²) in [5, 5.41) is 8.16. The summed E-state index contributed by atoms with van der Waals surface area (Å²) in [6.07, 6.45) is 4.59. The zero-order valence-corrected chi connectivity index (χ0v) is 20.5. The van der Waals surface area contributed by atoms with E-state index in [1.54, 1.807) is 26.1 Å². The van der Waals surface area contributed by atoms with Crippen molar-refractivity contribution < 1.29 is 23.2 Å². The van der Waals surface area contributed by atoms with Gasteiger partial charge in [-0.05, 0) is 56.0 Å². The number of halogens is 2. The number of fused-ring (bicyclic) bond motifs is 1. The van der Waals surface area contributed by atoms with Gasteiger partial charge >= 0.3 is 0 Å². The molecule has 2 aromatic carbocycles. The highest BCUT2D eigenvalue weighted by Gasteiger charge is 2.43. The summed E-state index contributed by atoms with van der Waals surface area (Å²) in [5.41, 5.74) is 0.814. The molecule has 0 unspecified atom stereocenters. The Hall–Kier alpha value is -3.33. The van der Waals surface area contributed by atoms with Gasteiger partial charge in [0, 0.05) is 6.54 Å². The number of nitrogens with one attached hydrogen (secondary N) is 3. The summed E-state index contributed by atoms with van der Waals surface area (Å²) in [6.45, 7) is 1.87. The molecule has 1 fully saturated rings. The van der Waals surface area contributed by atoms with E-state index in [2.05, 4.69) is 16.0 Å². The largest absolute Gasteiger partial charge is 0.343 e. The fourth-order valence-electron chi connectivity index (χ4n) is 5.12. The Labute approximate surface area is 209 Å². The van der Waals surface area contributed by atoms with Gasteiger partial charge < -0.3 is 20.9 Å². The Balaban J connectivity index is 1.66. The minimum atomic E-state index is -1.09. The van der Waals surface area contributed by atoms with Crippen LogP contribution in [0.25, 0.3) is 0 Å². The number of hydrogen-bond donors (Lipinski definition) is 3. The molecule has 36 heavy (non-hydrogen) atoms. The molecule has 3 N–H and O–H groups in total. The highest BCUT2D eigenvalue weighted by Crippen LogP contribution is 2.37. The SMILES string of the molecule is CN[C@@H](C)C(=O)N[C@H](C(=O)N1Cc2ccccc2[C@H]1C(=O)Nc1c(F)cccc1F)C1CCCCC1. The number of amides is 3. The number of likely N-dealkylation sites (N-methyl/N-ethyl adjacent to an activating group) is 1. The molecular weight excluding hydrogens is 466 g/mol. The molecule has 192 valence electrons. The molecule has 1 heterocycles. The first-order valence-corrected chi connectivity index (χ1v) is 12.4. The average Bonchev–Trinajstić information content (AvgIpc) is 3.28. The van der Waals surface area contributed by atoms with Gasteiger partial charge in [0.05, 0.1) is 6.04 Å². The molecule has 0 aromatic heterocycles. The van der Waals surface area contributed by atoms with Crippen molar-refractivity contribution in [2.75, 3.05) is 12.4 Å². The second kappa shape index (κ2) is 11.2. The van der Waals surface area contributed by atoms with Crippen molar-refractivity contribution in [2.24, 2.45) is 5.92 Å².